The van der Waals surface area contributed by atoms with Crippen molar-refractivity contribution in [3.63, 3.8) is 0 Å². The predicted octanol–water partition coefficient (Wildman–Crippen LogP) is 3.93. The fraction of sp³-hybridized carbons (Fsp3) is 0.167. The minimum Gasteiger partial charge on any atom is -0.398 e. The third kappa shape index (κ3) is 2.76. The molecule has 15 heavy (non-hydrogen) atoms. The molecule has 0 fully saturated rings. The molecule has 78 valence electrons. The molecular weight excluding hydrogens is 222 g/mol. The van der Waals surface area contributed by atoms with E-state index in [1.165, 1.54) is 16.0 Å². The van der Waals surface area contributed by atoms with Crippen LogP contribution in [0.3, 0.4) is 0 Å². The predicted molar refractivity (Wildman–Crippen MR) is 69.5 cm³/mol. The molecule has 2 rings (SSSR count). The van der Waals surface area contributed by atoms with Crippen LogP contribution in [-0.4, -0.2) is 0 Å². The second-order valence-electron chi connectivity index (χ2n) is 3.46. The summed E-state index contributed by atoms with van der Waals surface area (Å²) in [6, 6.07) is 8.32. The summed E-state index contributed by atoms with van der Waals surface area (Å²) in [4.78, 5) is 1.18. The Kier molecular flexibility index (Phi) is 3.34. The van der Waals surface area contributed by atoms with Crippen LogP contribution in [0.25, 0.3) is 0 Å². The van der Waals surface area contributed by atoms with Gasteiger partial charge in [-0.2, -0.15) is 11.3 Å². The molecular formula is C12H13NS2. The lowest BCUT2D eigenvalue weighted by molar-refractivity contribution is 1.35. The standard InChI is InChI=1S/C12H13NS2/c1-9-2-3-11(13)12(6-9)15-8-10-4-5-14-7-10/h2-7H,8,13H2,1H3. The monoisotopic (exact) mass is 235 g/mol. The number of hydrogen-bond acceptors (Lipinski definition) is 3. The van der Waals surface area contributed by atoms with Crippen molar-refractivity contribution >= 4 is 28.8 Å². The second kappa shape index (κ2) is 4.73. The molecule has 0 unspecified atom stereocenters. The number of nitrogen functional groups attached to an aromatic ring is 1. The maximum atomic E-state index is 5.91. The average molecular weight is 235 g/mol. The van der Waals surface area contributed by atoms with Gasteiger partial charge in [0.2, 0.25) is 0 Å². The molecule has 0 atom stereocenters. The Morgan fingerprint density at radius 3 is 2.93 bits per heavy atom. The smallest absolute Gasteiger partial charge is 0.0452 e. The van der Waals surface area contributed by atoms with Crippen LogP contribution in [0.15, 0.2) is 39.9 Å². The third-order valence-corrected chi connectivity index (χ3v) is 4.02. The summed E-state index contributed by atoms with van der Waals surface area (Å²) >= 11 is 3.54. The maximum Gasteiger partial charge on any atom is 0.0452 e. The van der Waals surface area contributed by atoms with Gasteiger partial charge in [0.25, 0.3) is 0 Å². The minimum absolute atomic E-state index is 0.876. The van der Waals surface area contributed by atoms with Gasteiger partial charge in [-0.3, -0.25) is 0 Å². The second-order valence-corrected chi connectivity index (χ2v) is 5.26. The van der Waals surface area contributed by atoms with Crippen LogP contribution in [0.1, 0.15) is 11.1 Å². The molecule has 2 N–H and O–H groups in total. The van der Waals surface area contributed by atoms with Gasteiger partial charge in [-0.25, -0.2) is 0 Å². The lowest BCUT2D eigenvalue weighted by Gasteiger charge is -2.05. The van der Waals surface area contributed by atoms with Crippen molar-refractivity contribution in [2.24, 2.45) is 0 Å². The van der Waals surface area contributed by atoms with E-state index in [-0.39, 0.29) is 0 Å². The number of anilines is 1. The van der Waals surface area contributed by atoms with E-state index in [0.29, 0.717) is 0 Å². The topological polar surface area (TPSA) is 26.0 Å². The van der Waals surface area contributed by atoms with Crippen LogP contribution in [0, 0.1) is 6.92 Å². The van der Waals surface area contributed by atoms with Crippen LogP contribution in [0.2, 0.25) is 0 Å². The molecule has 1 nitrogen and oxygen atoms in total. The summed E-state index contributed by atoms with van der Waals surface area (Å²) in [5, 5.41) is 4.29. The van der Waals surface area contributed by atoms with Gasteiger partial charge in [-0.1, -0.05) is 6.07 Å². The number of thiophene rings is 1. The van der Waals surface area contributed by atoms with Crippen LogP contribution in [-0.2, 0) is 5.75 Å². The molecule has 1 aromatic heterocycles. The van der Waals surface area contributed by atoms with E-state index in [2.05, 4.69) is 29.8 Å². The van der Waals surface area contributed by atoms with E-state index in [1.807, 2.05) is 12.1 Å². The van der Waals surface area contributed by atoms with Crippen molar-refractivity contribution in [3.8, 4) is 0 Å². The van der Waals surface area contributed by atoms with Crippen molar-refractivity contribution < 1.29 is 0 Å². The Morgan fingerprint density at radius 1 is 1.33 bits per heavy atom. The molecule has 0 saturated heterocycles. The zero-order chi connectivity index (χ0) is 10.7. The Hall–Kier alpha value is -0.930. The Morgan fingerprint density at radius 2 is 2.20 bits per heavy atom. The molecule has 0 aliphatic rings. The minimum atomic E-state index is 0.876. The lowest BCUT2D eigenvalue weighted by atomic mass is 10.2. The molecule has 0 bridgehead atoms. The number of hydrogen-bond donors (Lipinski definition) is 1. The van der Waals surface area contributed by atoms with Gasteiger partial charge in [0.05, 0.1) is 0 Å². The van der Waals surface area contributed by atoms with E-state index in [4.69, 9.17) is 5.73 Å². The average Bonchev–Trinajstić information content (AvgIpc) is 2.72. The van der Waals surface area contributed by atoms with E-state index < -0.39 is 0 Å². The summed E-state index contributed by atoms with van der Waals surface area (Å²) in [5.74, 6) is 0.997. The van der Waals surface area contributed by atoms with Gasteiger partial charge in [-0.15, -0.1) is 11.8 Å². The molecule has 0 spiro atoms. The lowest BCUT2D eigenvalue weighted by Crippen LogP contribution is -1.89. The summed E-state index contributed by atoms with van der Waals surface area (Å²) in [5.41, 5.74) is 9.41. The normalized spacial score (nSPS) is 10.5. The fourth-order valence-corrected chi connectivity index (χ4v) is 3.08. The van der Waals surface area contributed by atoms with Crippen molar-refractivity contribution in [3.05, 3.63) is 46.2 Å². The highest BCUT2D eigenvalue weighted by molar-refractivity contribution is 7.98. The van der Waals surface area contributed by atoms with Crippen molar-refractivity contribution in [1.29, 1.82) is 0 Å². The zero-order valence-electron chi connectivity index (χ0n) is 8.57. The molecule has 0 radical (unpaired) electrons. The molecule has 0 amide bonds. The third-order valence-electron chi connectivity index (χ3n) is 2.14. The summed E-state index contributed by atoms with van der Waals surface area (Å²) in [7, 11) is 0. The first-order valence-corrected chi connectivity index (χ1v) is 6.68. The van der Waals surface area contributed by atoms with Gasteiger partial charge in [0.1, 0.15) is 0 Å². The van der Waals surface area contributed by atoms with Gasteiger partial charge >= 0.3 is 0 Å². The summed E-state index contributed by atoms with van der Waals surface area (Å²) in [6.45, 7) is 2.09. The summed E-state index contributed by atoms with van der Waals surface area (Å²) in [6.07, 6.45) is 0. The van der Waals surface area contributed by atoms with Gasteiger partial charge in [0.15, 0.2) is 0 Å². The van der Waals surface area contributed by atoms with Crippen molar-refractivity contribution in [2.75, 3.05) is 5.73 Å². The highest BCUT2D eigenvalue weighted by Gasteiger charge is 2.01. The first-order chi connectivity index (χ1) is 7.25. The SMILES string of the molecule is Cc1ccc(N)c(SCc2ccsc2)c1. The van der Waals surface area contributed by atoms with Gasteiger partial charge in [-0.05, 0) is 47.0 Å². The van der Waals surface area contributed by atoms with E-state index >= 15 is 0 Å². The first-order valence-electron chi connectivity index (χ1n) is 4.76. The largest absolute Gasteiger partial charge is 0.398 e. The van der Waals surface area contributed by atoms with Gasteiger partial charge < -0.3 is 5.73 Å². The van der Waals surface area contributed by atoms with Gasteiger partial charge in [0, 0.05) is 16.3 Å². The van der Waals surface area contributed by atoms with Crippen LogP contribution >= 0.6 is 23.1 Å². The Labute approximate surface area is 98.3 Å². The Bertz CT molecular complexity index is 435. The van der Waals surface area contributed by atoms with E-state index in [1.54, 1.807) is 23.1 Å². The number of thioether (sulfide) groups is 1. The molecule has 3 heteroatoms. The zero-order valence-corrected chi connectivity index (χ0v) is 10.2. The molecule has 1 heterocycles. The molecule has 0 aliphatic heterocycles. The number of aryl methyl sites for hydroxylation is 1. The quantitative estimate of drug-likeness (QED) is 0.644. The summed E-state index contributed by atoms with van der Waals surface area (Å²) < 4.78 is 0. The highest BCUT2D eigenvalue weighted by Crippen LogP contribution is 2.29. The maximum absolute atomic E-state index is 5.91. The van der Waals surface area contributed by atoms with Crippen LogP contribution < -0.4 is 5.73 Å². The first kappa shape index (κ1) is 10.6. The van der Waals surface area contributed by atoms with Crippen molar-refractivity contribution in [1.82, 2.24) is 0 Å². The molecule has 0 saturated carbocycles. The fourth-order valence-electron chi connectivity index (χ4n) is 1.30. The number of benzene rings is 1. The highest BCUT2D eigenvalue weighted by atomic mass is 32.2. The van der Waals surface area contributed by atoms with E-state index in [9.17, 15) is 0 Å². The molecule has 2 aromatic rings. The van der Waals surface area contributed by atoms with Crippen molar-refractivity contribution in [2.45, 2.75) is 17.6 Å². The number of rotatable bonds is 3. The molecule has 0 aliphatic carbocycles. The molecule has 1 aromatic carbocycles. The van der Waals surface area contributed by atoms with E-state index in [0.717, 1.165) is 11.4 Å². The van der Waals surface area contributed by atoms with Crippen LogP contribution in [0.4, 0.5) is 5.69 Å². The number of nitrogens with two attached hydrogens (primary N) is 1. The Balaban J connectivity index is 2.07. The van der Waals surface area contributed by atoms with Crippen LogP contribution in [0.5, 0.6) is 0 Å².